The summed E-state index contributed by atoms with van der Waals surface area (Å²) < 4.78 is 64.2. The van der Waals surface area contributed by atoms with Gasteiger partial charge in [0.15, 0.2) is 5.69 Å². The molecular formula is C13H11F5N4. The van der Waals surface area contributed by atoms with Crippen LogP contribution in [0.25, 0.3) is 0 Å². The van der Waals surface area contributed by atoms with Gasteiger partial charge in [-0.3, -0.25) is 0 Å². The summed E-state index contributed by atoms with van der Waals surface area (Å²) in [7, 11) is 1.38. The monoisotopic (exact) mass is 318 g/mol. The Balaban J connectivity index is 2.22. The average molecular weight is 318 g/mol. The minimum absolute atomic E-state index is 0.0911. The fraction of sp³-hybridized carbons (Fsp3) is 0.231. The van der Waals surface area contributed by atoms with E-state index >= 15 is 0 Å². The number of halogens is 5. The molecule has 2 rings (SSSR count). The minimum atomic E-state index is -4.63. The summed E-state index contributed by atoms with van der Waals surface area (Å²) in [5.41, 5.74) is -0.893. The summed E-state index contributed by atoms with van der Waals surface area (Å²) >= 11 is 0. The van der Waals surface area contributed by atoms with Gasteiger partial charge in [-0.2, -0.15) is 18.2 Å². The van der Waals surface area contributed by atoms with Crippen molar-refractivity contribution in [3.05, 3.63) is 47.2 Å². The molecule has 0 spiro atoms. The van der Waals surface area contributed by atoms with E-state index in [1.165, 1.54) is 7.05 Å². The van der Waals surface area contributed by atoms with Crippen LogP contribution in [-0.4, -0.2) is 17.0 Å². The third kappa shape index (κ3) is 4.03. The maximum Gasteiger partial charge on any atom is 0.433 e. The maximum atomic E-state index is 13.0. The zero-order chi connectivity index (χ0) is 16.3. The Hall–Kier alpha value is -2.45. The van der Waals surface area contributed by atoms with E-state index in [9.17, 15) is 22.0 Å². The van der Waals surface area contributed by atoms with Crippen molar-refractivity contribution < 1.29 is 22.0 Å². The van der Waals surface area contributed by atoms with Crippen LogP contribution in [0.1, 0.15) is 11.3 Å². The van der Waals surface area contributed by atoms with E-state index in [1.807, 2.05) is 0 Å². The first kappa shape index (κ1) is 15.9. The highest BCUT2D eigenvalue weighted by molar-refractivity contribution is 5.43. The summed E-state index contributed by atoms with van der Waals surface area (Å²) in [6, 6.07) is 3.56. The number of nitrogens with one attached hydrogen (secondary N) is 2. The van der Waals surface area contributed by atoms with Crippen LogP contribution in [0.5, 0.6) is 0 Å². The molecule has 0 bridgehead atoms. The van der Waals surface area contributed by atoms with Gasteiger partial charge in [-0.1, -0.05) is 0 Å². The predicted octanol–water partition coefficient (Wildman–Crippen LogP) is 3.43. The van der Waals surface area contributed by atoms with Crippen LogP contribution in [0.15, 0.2) is 24.3 Å². The van der Waals surface area contributed by atoms with E-state index in [1.54, 1.807) is 0 Å². The summed E-state index contributed by atoms with van der Waals surface area (Å²) in [4.78, 5) is 7.10. The van der Waals surface area contributed by atoms with Crippen LogP contribution in [-0.2, 0) is 12.7 Å². The Bertz CT molecular complexity index is 652. The van der Waals surface area contributed by atoms with Gasteiger partial charge in [0.2, 0.25) is 5.95 Å². The normalized spacial score (nSPS) is 11.4. The molecule has 9 heteroatoms. The Morgan fingerprint density at radius 3 is 2.18 bits per heavy atom. The van der Waals surface area contributed by atoms with Gasteiger partial charge in [-0.25, -0.2) is 13.8 Å². The van der Waals surface area contributed by atoms with Crippen LogP contribution in [0.2, 0.25) is 0 Å². The molecule has 0 saturated carbocycles. The van der Waals surface area contributed by atoms with E-state index in [0.29, 0.717) is 6.07 Å². The lowest BCUT2D eigenvalue weighted by Crippen LogP contribution is -2.13. The highest BCUT2D eigenvalue weighted by Crippen LogP contribution is 2.29. The summed E-state index contributed by atoms with van der Waals surface area (Å²) in [6.45, 7) is -0.0911. The molecule has 0 unspecified atom stereocenters. The van der Waals surface area contributed by atoms with Crippen LogP contribution >= 0.6 is 0 Å². The van der Waals surface area contributed by atoms with Crippen molar-refractivity contribution in [1.82, 2.24) is 9.97 Å². The lowest BCUT2D eigenvalue weighted by Gasteiger charge is -2.11. The van der Waals surface area contributed by atoms with Gasteiger partial charge in [-0.15, -0.1) is 0 Å². The standard InChI is InChI=1S/C13H11F5N4/c1-19-12-21-10(13(16,17)18)5-11(22-12)20-6-7-2-8(14)4-9(15)3-7/h2-5H,6H2,1H3,(H2,19,20,21,22). The molecule has 0 aliphatic heterocycles. The number of nitrogens with zero attached hydrogens (tertiary/aromatic N) is 2. The lowest BCUT2D eigenvalue weighted by molar-refractivity contribution is -0.141. The molecule has 2 N–H and O–H groups in total. The second-order valence-electron chi connectivity index (χ2n) is 4.34. The molecule has 1 aromatic heterocycles. The van der Waals surface area contributed by atoms with Crippen LogP contribution < -0.4 is 10.6 Å². The number of aromatic nitrogens is 2. The number of alkyl halides is 3. The van der Waals surface area contributed by atoms with Crippen LogP contribution in [0.4, 0.5) is 33.7 Å². The number of hydrogen-bond donors (Lipinski definition) is 2. The van der Waals surface area contributed by atoms with Gasteiger partial charge in [-0.05, 0) is 17.7 Å². The van der Waals surface area contributed by atoms with Crippen molar-refractivity contribution in [2.75, 3.05) is 17.7 Å². The molecule has 0 fully saturated rings. The molecular weight excluding hydrogens is 307 g/mol. The first-order valence-electron chi connectivity index (χ1n) is 6.11. The van der Waals surface area contributed by atoms with Crippen LogP contribution in [0.3, 0.4) is 0 Å². The number of benzene rings is 1. The highest BCUT2D eigenvalue weighted by atomic mass is 19.4. The minimum Gasteiger partial charge on any atom is -0.366 e. The average Bonchev–Trinajstić information content (AvgIpc) is 2.43. The van der Waals surface area contributed by atoms with E-state index < -0.39 is 23.5 Å². The molecule has 1 heterocycles. The zero-order valence-corrected chi connectivity index (χ0v) is 11.3. The van der Waals surface area contributed by atoms with Gasteiger partial charge < -0.3 is 10.6 Å². The fourth-order valence-corrected chi connectivity index (χ4v) is 1.70. The van der Waals surface area contributed by atoms with E-state index in [4.69, 9.17) is 0 Å². The van der Waals surface area contributed by atoms with Gasteiger partial charge in [0, 0.05) is 25.7 Å². The summed E-state index contributed by atoms with van der Waals surface area (Å²) in [5, 5.41) is 4.99. The largest absolute Gasteiger partial charge is 0.433 e. The van der Waals surface area contributed by atoms with Crippen molar-refractivity contribution in [2.24, 2.45) is 0 Å². The molecule has 1 aromatic carbocycles. The van der Waals surface area contributed by atoms with Gasteiger partial charge >= 0.3 is 6.18 Å². The van der Waals surface area contributed by atoms with Crippen molar-refractivity contribution >= 4 is 11.8 Å². The molecule has 0 amide bonds. The van der Waals surface area contributed by atoms with E-state index in [-0.39, 0.29) is 23.9 Å². The van der Waals surface area contributed by atoms with Crippen molar-refractivity contribution in [2.45, 2.75) is 12.7 Å². The fourth-order valence-electron chi connectivity index (χ4n) is 1.70. The Morgan fingerprint density at radius 2 is 1.64 bits per heavy atom. The second-order valence-corrected chi connectivity index (χ2v) is 4.34. The first-order chi connectivity index (χ1) is 10.3. The lowest BCUT2D eigenvalue weighted by atomic mass is 10.2. The molecule has 0 aliphatic carbocycles. The van der Waals surface area contributed by atoms with Crippen molar-refractivity contribution in [3.63, 3.8) is 0 Å². The molecule has 2 aromatic rings. The van der Waals surface area contributed by atoms with Crippen molar-refractivity contribution in [3.8, 4) is 0 Å². The van der Waals surface area contributed by atoms with Gasteiger partial charge in [0.25, 0.3) is 0 Å². The highest BCUT2D eigenvalue weighted by Gasteiger charge is 2.33. The maximum absolute atomic E-state index is 13.0. The summed E-state index contributed by atoms with van der Waals surface area (Å²) in [6.07, 6.45) is -4.63. The number of anilines is 2. The topological polar surface area (TPSA) is 49.8 Å². The van der Waals surface area contributed by atoms with Crippen LogP contribution in [0, 0.1) is 11.6 Å². The third-order valence-corrected chi connectivity index (χ3v) is 2.64. The molecule has 0 saturated heterocycles. The number of hydrogen-bond acceptors (Lipinski definition) is 4. The third-order valence-electron chi connectivity index (χ3n) is 2.64. The molecule has 0 aliphatic rings. The number of rotatable bonds is 4. The molecule has 118 valence electrons. The molecule has 0 radical (unpaired) electrons. The van der Waals surface area contributed by atoms with E-state index in [2.05, 4.69) is 20.6 Å². The first-order valence-corrected chi connectivity index (χ1v) is 6.11. The molecule has 22 heavy (non-hydrogen) atoms. The van der Waals surface area contributed by atoms with Gasteiger partial charge in [0.05, 0.1) is 0 Å². The summed E-state index contributed by atoms with van der Waals surface area (Å²) in [5.74, 6) is -1.88. The Morgan fingerprint density at radius 1 is 1.00 bits per heavy atom. The SMILES string of the molecule is CNc1nc(NCc2cc(F)cc(F)c2)cc(C(F)(F)F)n1. The smallest absolute Gasteiger partial charge is 0.366 e. The Kier molecular flexibility index (Phi) is 4.43. The molecule has 0 atom stereocenters. The quantitative estimate of drug-likeness (QED) is 0.848. The predicted molar refractivity (Wildman–Crippen MR) is 70.3 cm³/mol. The second kappa shape index (κ2) is 6.12. The molecule has 4 nitrogen and oxygen atoms in total. The van der Waals surface area contributed by atoms with Crippen molar-refractivity contribution in [1.29, 1.82) is 0 Å². The van der Waals surface area contributed by atoms with E-state index in [0.717, 1.165) is 18.2 Å². The van der Waals surface area contributed by atoms with Gasteiger partial charge in [0.1, 0.15) is 17.5 Å². The Labute approximate surface area is 122 Å². The zero-order valence-electron chi connectivity index (χ0n) is 11.3.